The molecule has 1 aromatic heterocycles. The molecule has 27 heavy (non-hydrogen) atoms. The first-order valence-electron chi connectivity index (χ1n) is 9.08. The number of morpholine rings is 1. The molecule has 1 fully saturated rings. The second-order valence-corrected chi connectivity index (χ2v) is 6.19. The number of esters is 1. The van der Waals surface area contributed by atoms with Crippen molar-refractivity contribution in [3.63, 3.8) is 0 Å². The second kappa shape index (κ2) is 9.27. The fraction of sp³-hybridized carbons (Fsp3) is 0.474. The maximum absolute atomic E-state index is 12.6. The molecule has 1 unspecified atom stereocenters. The van der Waals surface area contributed by atoms with E-state index in [1.165, 1.54) is 0 Å². The Morgan fingerprint density at radius 3 is 2.85 bits per heavy atom. The van der Waals surface area contributed by atoms with Gasteiger partial charge in [0.2, 0.25) is 17.7 Å². The van der Waals surface area contributed by atoms with Gasteiger partial charge in [-0.2, -0.15) is 0 Å². The summed E-state index contributed by atoms with van der Waals surface area (Å²) >= 11 is 0. The van der Waals surface area contributed by atoms with Crippen LogP contribution in [0.15, 0.2) is 34.7 Å². The van der Waals surface area contributed by atoms with Crippen LogP contribution in [-0.2, 0) is 25.5 Å². The molecule has 144 valence electrons. The zero-order valence-corrected chi connectivity index (χ0v) is 15.3. The van der Waals surface area contributed by atoms with Crippen molar-refractivity contribution in [2.75, 3.05) is 26.4 Å². The van der Waals surface area contributed by atoms with Gasteiger partial charge < -0.3 is 18.8 Å². The largest absolute Gasteiger partial charge is 0.466 e. The average Bonchev–Trinajstić information content (AvgIpc) is 3.16. The van der Waals surface area contributed by atoms with Crippen molar-refractivity contribution < 1.29 is 23.5 Å². The highest BCUT2D eigenvalue weighted by atomic mass is 16.5. The zero-order valence-electron chi connectivity index (χ0n) is 15.3. The number of rotatable bonds is 7. The Kier molecular flexibility index (Phi) is 6.54. The van der Waals surface area contributed by atoms with Crippen molar-refractivity contribution in [3.8, 4) is 11.5 Å². The minimum absolute atomic E-state index is 0.0629. The van der Waals surface area contributed by atoms with E-state index < -0.39 is 0 Å². The highest BCUT2D eigenvalue weighted by Gasteiger charge is 2.29. The van der Waals surface area contributed by atoms with E-state index in [-0.39, 0.29) is 30.8 Å². The highest BCUT2D eigenvalue weighted by Crippen LogP contribution is 2.18. The third kappa shape index (κ3) is 5.13. The summed E-state index contributed by atoms with van der Waals surface area (Å²) in [7, 11) is 0. The van der Waals surface area contributed by atoms with Crippen LogP contribution in [0.4, 0.5) is 0 Å². The van der Waals surface area contributed by atoms with Crippen molar-refractivity contribution in [3.05, 3.63) is 36.2 Å². The first-order valence-corrected chi connectivity index (χ1v) is 9.08. The Labute approximate surface area is 157 Å². The average molecular weight is 373 g/mol. The van der Waals surface area contributed by atoms with Crippen LogP contribution >= 0.6 is 0 Å². The molecule has 8 nitrogen and oxygen atoms in total. The molecular formula is C19H23N3O5. The van der Waals surface area contributed by atoms with E-state index in [1.54, 1.807) is 11.8 Å². The lowest BCUT2D eigenvalue weighted by molar-refractivity contribution is -0.150. The summed E-state index contributed by atoms with van der Waals surface area (Å²) in [5, 5.41) is 8.04. The van der Waals surface area contributed by atoms with Crippen LogP contribution in [0.1, 0.15) is 25.7 Å². The van der Waals surface area contributed by atoms with Crippen molar-refractivity contribution in [2.24, 2.45) is 0 Å². The molecule has 1 aliphatic heterocycles. The lowest BCUT2D eigenvalue weighted by Gasteiger charge is -2.35. The number of carbonyl (C=O) groups excluding carboxylic acids is 2. The number of ether oxygens (including phenoxy) is 2. The number of hydrogen-bond acceptors (Lipinski definition) is 7. The van der Waals surface area contributed by atoms with Crippen LogP contribution in [-0.4, -0.2) is 59.4 Å². The van der Waals surface area contributed by atoms with Gasteiger partial charge in [-0.1, -0.05) is 18.2 Å². The molecule has 0 spiro atoms. The van der Waals surface area contributed by atoms with Gasteiger partial charge in [0.15, 0.2) is 0 Å². The van der Waals surface area contributed by atoms with Gasteiger partial charge in [0.1, 0.15) is 0 Å². The first-order chi connectivity index (χ1) is 13.2. The number of aromatic nitrogens is 2. The Hall–Kier alpha value is -2.74. The topological polar surface area (TPSA) is 94.8 Å². The number of carbonyl (C=O) groups is 2. The molecule has 2 aromatic rings. The highest BCUT2D eigenvalue weighted by molar-refractivity contribution is 5.78. The Morgan fingerprint density at radius 1 is 1.26 bits per heavy atom. The summed E-state index contributed by atoms with van der Waals surface area (Å²) in [5.74, 6) is 0.462. The molecule has 3 rings (SSSR count). The van der Waals surface area contributed by atoms with Gasteiger partial charge in [0, 0.05) is 24.9 Å². The Morgan fingerprint density at radius 2 is 2.07 bits per heavy atom. The van der Waals surface area contributed by atoms with Crippen molar-refractivity contribution in [1.82, 2.24) is 15.1 Å². The molecule has 1 amide bonds. The Balaban J connectivity index is 1.56. The van der Waals surface area contributed by atoms with Gasteiger partial charge in [-0.25, -0.2) is 0 Å². The monoisotopic (exact) mass is 373 g/mol. The predicted octanol–water partition coefficient (Wildman–Crippen LogP) is 1.85. The molecule has 0 bridgehead atoms. The summed E-state index contributed by atoms with van der Waals surface area (Å²) in [6.45, 7) is 3.34. The SMILES string of the molecule is CCOC(=O)CC1COCCN1C(=O)CCc1nnc(-c2ccccc2)o1. The van der Waals surface area contributed by atoms with Crippen molar-refractivity contribution in [1.29, 1.82) is 0 Å². The lowest BCUT2D eigenvalue weighted by atomic mass is 10.1. The van der Waals surface area contributed by atoms with Gasteiger partial charge in [0.05, 0.1) is 32.3 Å². The van der Waals surface area contributed by atoms with Gasteiger partial charge in [-0.15, -0.1) is 10.2 Å². The van der Waals surface area contributed by atoms with E-state index in [0.717, 1.165) is 5.56 Å². The molecule has 1 aliphatic rings. The third-order valence-electron chi connectivity index (χ3n) is 4.30. The molecule has 0 N–H and O–H groups in total. The van der Waals surface area contributed by atoms with Crippen LogP contribution < -0.4 is 0 Å². The quantitative estimate of drug-likeness (QED) is 0.684. The minimum Gasteiger partial charge on any atom is -0.466 e. The summed E-state index contributed by atoms with van der Waals surface area (Å²) in [4.78, 5) is 26.1. The van der Waals surface area contributed by atoms with Gasteiger partial charge in [0.25, 0.3) is 0 Å². The first kappa shape index (κ1) is 19.0. The zero-order chi connectivity index (χ0) is 19.1. The van der Waals surface area contributed by atoms with E-state index in [9.17, 15) is 9.59 Å². The standard InChI is InChI=1S/C19H23N3O5/c1-2-26-18(24)12-15-13-25-11-10-22(15)17(23)9-8-16-20-21-19(27-16)14-6-4-3-5-7-14/h3-7,15H,2,8-13H2,1H3. The molecule has 2 heterocycles. The van der Waals surface area contributed by atoms with E-state index >= 15 is 0 Å². The summed E-state index contributed by atoms with van der Waals surface area (Å²) in [5.41, 5.74) is 0.838. The normalized spacial score (nSPS) is 16.9. The number of benzene rings is 1. The second-order valence-electron chi connectivity index (χ2n) is 6.19. The maximum atomic E-state index is 12.6. The van der Waals surface area contributed by atoms with E-state index in [0.29, 0.717) is 44.6 Å². The Bertz CT molecular complexity index is 762. The fourth-order valence-electron chi connectivity index (χ4n) is 2.97. The summed E-state index contributed by atoms with van der Waals surface area (Å²) in [6.07, 6.45) is 0.718. The molecule has 1 saturated heterocycles. The minimum atomic E-state index is -0.324. The molecular weight excluding hydrogens is 350 g/mol. The maximum Gasteiger partial charge on any atom is 0.307 e. The van der Waals surface area contributed by atoms with Gasteiger partial charge in [-0.3, -0.25) is 9.59 Å². The van der Waals surface area contributed by atoms with E-state index in [4.69, 9.17) is 13.9 Å². The van der Waals surface area contributed by atoms with Crippen LogP contribution in [0.25, 0.3) is 11.5 Å². The number of aryl methyl sites for hydroxylation is 1. The summed E-state index contributed by atoms with van der Waals surface area (Å²) in [6, 6.07) is 9.17. The molecule has 1 aromatic carbocycles. The molecule has 1 atom stereocenters. The van der Waals surface area contributed by atoms with Crippen molar-refractivity contribution >= 4 is 11.9 Å². The van der Waals surface area contributed by atoms with Crippen LogP contribution in [0.2, 0.25) is 0 Å². The smallest absolute Gasteiger partial charge is 0.307 e. The van der Waals surface area contributed by atoms with E-state index in [2.05, 4.69) is 10.2 Å². The molecule has 0 radical (unpaired) electrons. The van der Waals surface area contributed by atoms with Gasteiger partial charge in [-0.05, 0) is 19.1 Å². The molecule has 0 aliphatic carbocycles. The van der Waals surface area contributed by atoms with E-state index in [1.807, 2.05) is 30.3 Å². The van der Waals surface area contributed by atoms with Crippen LogP contribution in [0.5, 0.6) is 0 Å². The van der Waals surface area contributed by atoms with Crippen molar-refractivity contribution in [2.45, 2.75) is 32.2 Å². The third-order valence-corrected chi connectivity index (χ3v) is 4.30. The predicted molar refractivity (Wildman–Crippen MR) is 95.6 cm³/mol. The number of amides is 1. The molecule has 8 heteroatoms. The number of nitrogens with zero attached hydrogens (tertiary/aromatic N) is 3. The fourth-order valence-corrected chi connectivity index (χ4v) is 2.97. The summed E-state index contributed by atoms with van der Waals surface area (Å²) < 4.78 is 16.0. The van der Waals surface area contributed by atoms with Crippen LogP contribution in [0, 0.1) is 0 Å². The van der Waals surface area contributed by atoms with Gasteiger partial charge >= 0.3 is 5.97 Å². The lowest BCUT2D eigenvalue weighted by Crippen LogP contribution is -2.49. The van der Waals surface area contributed by atoms with Crippen LogP contribution in [0.3, 0.4) is 0 Å². The number of hydrogen-bond donors (Lipinski definition) is 0. The molecule has 0 saturated carbocycles.